The van der Waals surface area contributed by atoms with Gasteiger partial charge in [0.05, 0.1) is 12.6 Å². The zero-order chi connectivity index (χ0) is 22.9. The van der Waals surface area contributed by atoms with Gasteiger partial charge in [0.15, 0.2) is 11.6 Å². The Hall–Kier alpha value is -2.77. The highest BCUT2D eigenvalue weighted by Gasteiger charge is 2.33. The van der Waals surface area contributed by atoms with E-state index in [-0.39, 0.29) is 24.2 Å². The number of hydrogen-bond donors (Lipinski definition) is 2. The first-order valence-electron chi connectivity index (χ1n) is 11.7. The zero-order valence-electron chi connectivity index (χ0n) is 19.3. The molecule has 8 heteroatoms. The number of fused-ring (bicyclic) bond motifs is 2. The maximum atomic E-state index is 14.3. The number of halogens is 2. The van der Waals surface area contributed by atoms with E-state index in [2.05, 4.69) is 22.1 Å². The third kappa shape index (κ3) is 4.86. The Bertz CT molecular complexity index is 1180. The molecule has 0 spiro atoms. The standard InChI is InChI=1S/C26H30FN3O3.ClH/c1-32-23-6-2-5-19-17(13-29-24(19)23)4-3-11-30(14-16-7-8-16)18-12-21-20(26(28)31)9-10-22(27)25(21)33-15-18;/h2,5-6,9-10,13,16,18,29H,3-4,7-8,11-12,14-15H2,1H3,(H2,28,31);1H. The molecule has 1 aliphatic carbocycles. The van der Waals surface area contributed by atoms with Crippen LogP contribution in [0.1, 0.15) is 40.7 Å². The number of ether oxygens (including phenoxy) is 2. The van der Waals surface area contributed by atoms with E-state index in [1.165, 1.54) is 35.9 Å². The summed E-state index contributed by atoms with van der Waals surface area (Å²) in [5.41, 5.74) is 8.82. The van der Waals surface area contributed by atoms with Crippen LogP contribution in [0.4, 0.5) is 4.39 Å². The molecule has 2 aliphatic rings. The van der Waals surface area contributed by atoms with E-state index in [0.717, 1.165) is 37.2 Å². The number of primary amides is 1. The lowest BCUT2D eigenvalue weighted by Gasteiger charge is -2.36. The van der Waals surface area contributed by atoms with Crippen molar-refractivity contribution in [2.45, 2.75) is 38.1 Å². The van der Waals surface area contributed by atoms with Gasteiger partial charge in [-0.05, 0) is 68.3 Å². The first-order chi connectivity index (χ1) is 16.0. The largest absolute Gasteiger partial charge is 0.495 e. The third-order valence-corrected chi connectivity index (χ3v) is 6.92. The number of carbonyl (C=O) groups excluding carboxylic acids is 1. The molecule has 1 atom stereocenters. The lowest BCUT2D eigenvalue weighted by Crippen LogP contribution is -2.45. The van der Waals surface area contributed by atoms with Gasteiger partial charge in [0.2, 0.25) is 5.91 Å². The average Bonchev–Trinajstić information content (AvgIpc) is 3.55. The van der Waals surface area contributed by atoms with Gasteiger partial charge in [-0.15, -0.1) is 12.4 Å². The van der Waals surface area contributed by atoms with Crippen LogP contribution in [-0.4, -0.2) is 48.6 Å². The molecule has 1 amide bonds. The normalized spacial score (nSPS) is 17.2. The molecule has 6 nitrogen and oxygen atoms in total. The van der Waals surface area contributed by atoms with Crippen molar-refractivity contribution >= 4 is 29.2 Å². The SMILES string of the molecule is COc1cccc2c(CCCN(CC3CC3)C3COc4c(F)ccc(C(N)=O)c4C3)c[nH]c12.Cl. The summed E-state index contributed by atoms with van der Waals surface area (Å²) in [4.78, 5) is 17.7. The molecular formula is C26H31ClFN3O3. The minimum atomic E-state index is -0.543. The Balaban J connectivity index is 0.00000274. The van der Waals surface area contributed by atoms with E-state index >= 15 is 0 Å². The number of methoxy groups -OCH3 is 1. The molecule has 5 rings (SSSR count). The highest BCUT2D eigenvalue weighted by Crippen LogP contribution is 2.35. The molecule has 3 aromatic rings. The number of aromatic nitrogens is 1. The Labute approximate surface area is 205 Å². The Morgan fingerprint density at radius 1 is 1.29 bits per heavy atom. The van der Waals surface area contributed by atoms with Crippen molar-refractivity contribution < 1.29 is 18.7 Å². The molecule has 0 bridgehead atoms. The molecule has 1 aromatic heterocycles. The topological polar surface area (TPSA) is 80.6 Å². The number of aryl methyl sites for hydroxylation is 1. The van der Waals surface area contributed by atoms with Crippen LogP contribution in [0, 0.1) is 11.7 Å². The smallest absolute Gasteiger partial charge is 0.249 e. The maximum absolute atomic E-state index is 14.3. The predicted octanol–water partition coefficient (Wildman–Crippen LogP) is 4.48. The van der Waals surface area contributed by atoms with Gasteiger partial charge < -0.3 is 20.2 Å². The van der Waals surface area contributed by atoms with Crippen molar-refractivity contribution in [1.82, 2.24) is 9.88 Å². The van der Waals surface area contributed by atoms with Gasteiger partial charge in [0, 0.05) is 35.3 Å². The van der Waals surface area contributed by atoms with Crippen molar-refractivity contribution in [3.8, 4) is 11.5 Å². The monoisotopic (exact) mass is 487 g/mol. The van der Waals surface area contributed by atoms with Crippen LogP contribution in [0.3, 0.4) is 0 Å². The Morgan fingerprint density at radius 3 is 2.85 bits per heavy atom. The minimum absolute atomic E-state index is 0. The number of H-pyrrole nitrogens is 1. The van der Waals surface area contributed by atoms with Gasteiger partial charge in [-0.2, -0.15) is 0 Å². The number of hydrogen-bond acceptors (Lipinski definition) is 4. The molecule has 1 fully saturated rings. The summed E-state index contributed by atoms with van der Waals surface area (Å²) in [5, 5.41) is 1.19. The summed E-state index contributed by atoms with van der Waals surface area (Å²) in [5.74, 6) is 0.772. The van der Waals surface area contributed by atoms with E-state index in [0.29, 0.717) is 30.1 Å². The lowest BCUT2D eigenvalue weighted by molar-refractivity contribution is 0.0980. The van der Waals surface area contributed by atoms with E-state index in [1.807, 2.05) is 12.1 Å². The molecule has 182 valence electrons. The van der Waals surface area contributed by atoms with Crippen LogP contribution < -0.4 is 15.2 Å². The van der Waals surface area contributed by atoms with Gasteiger partial charge in [-0.25, -0.2) is 4.39 Å². The molecular weight excluding hydrogens is 457 g/mol. The molecule has 1 aliphatic heterocycles. The molecule has 2 aromatic carbocycles. The molecule has 2 heterocycles. The maximum Gasteiger partial charge on any atom is 0.249 e. The van der Waals surface area contributed by atoms with Crippen molar-refractivity contribution in [1.29, 1.82) is 0 Å². The van der Waals surface area contributed by atoms with Gasteiger partial charge >= 0.3 is 0 Å². The van der Waals surface area contributed by atoms with Crippen LogP contribution >= 0.6 is 12.4 Å². The highest BCUT2D eigenvalue weighted by molar-refractivity contribution is 5.95. The number of para-hydroxylation sites is 1. The second-order valence-corrected chi connectivity index (χ2v) is 9.17. The van der Waals surface area contributed by atoms with Crippen LogP contribution in [-0.2, 0) is 12.8 Å². The third-order valence-electron chi connectivity index (χ3n) is 6.92. The predicted molar refractivity (Wildman–Crippen MR) is 133 cm³/mol. The van der Waals surface area contributed by atoms with Crippen molar-refractivity contribution in [3.63, 3.8) is 0 Å². The quantitative estimate of drug-likeness (QED) is 0.466. The highest BCUT2D eigenvalue weighted by atomic mass is 35.5. The Morgan fingerprint density at radius 2 is 2.12 bits per heavy atom. The molecule has 0 radical (unpaired) electrons. The summed E-state index contributed by atoms with van der Waals surface area (Å²) >= 11 is 0. The number of nitrogens with two attached hydrogens (primary N) is 1. The van der Waals surface area contributed by atoms with E-state index < -0.39 is 11.7 Å². The summed E-state index contributed by atoms with van der Waals surface area (Å²) in [7, 11) is 1.69. The van der Waals surface area contributed by atoms with Crippen molar-refractivity contribution in [3.05, 3.63) is 59.0 Å². The molecule has 3 N–H and O–H groups in total. The van der Waals surface area contributed by atoms with Crippen molar-refractivity contribution in [2.24, 2.45) is 11.7 Å². The van der Waals surface area contributed by atoms with E-state index in [4.69, 9.17) is 15.2 Å². The number of carbonyl (C=O) groups is 1. The fraction of sp³-hybridized carbons (Fsp3) is 0.423. The van der Waals surface area contributed by atoms with Crippen LogP contribution in [0.5, 0.6) is 11.5 Å². The average molecular weight is 488 g/mol. The number of rotatable bonds is 9. The van der Waals surface area contributed by atoms with Gasteiger partial charge in [0.25, 0.3) is 0 Å². The first kappa shape index (κ1) is 24.4. The second kappa shape index (κ2) is 10.2. The first-order valence-corrected chi connectivity index (χ1v) is 11.7. The van der Waals surface area contributed by atoms with Gasteiger partial charge in [0.1, 0.15) is 12.4 Å². The summed E-state index contributed by atoms with van der Waals surface area (Å²) in [6.45, 7) is 2.34. The summed E-state index contributed by atoms with van der Waals surface area (Å²) in [6.07, 6.45) is 7.09. The minimum Gasteiger partial charge on any atom is -0.495 e. The van der Waals surface area contributed by atoms with E-state index in [9.17, 15) is 9.18 Å². The zero-order valence-corrected chi connectivity index (χ0v) is 20.1. The number of nitrogens with one attached hydrogen (secondary N) is 1. The number of aromatic amines is 1. The summed E-state index contributed by atoms with van der Waals surface area (Å²) in [6, 6.07) is 8.93. The molecule has 1 unspecified atom stereocenters. The lowest BCUT2D eigenvalue weighted by atomic mass is 9.95. The molecule has 0 saturated heterocycles. The number of amides is 1. The fourth-order valence-corrected chi connectivity index (χ4v) is 4.99. The van der Waals surface area contributed by atoms with Crippen molar-refractivity contribution in [2.75, 3.05) is 26.8 Å². The van der Waals surface area contributed by atoms with Gasteiger partial charge in [-0.1, -0.05) is 12.1 Å². The van der Waals surface area contributed by atoms with Crippen LogP contribution in [0.25, 0.3) is 10.9 Å². The van der Waals surface area contributed by atoms with Gasteiger partial charge in [-0.3, -0.25) is 9.69 Å². The molecule has 34 heavy (non-hydrogen) atoms. The molecule has 1 saturated carbocycles. The van der Waals surface area contributed by atoms with Crippen LogP contribution in [0.15, 0.2) is 36.5 Å². The fourth-order valence-electron chi connectivity index (χ4n) is 4.99. The van der Waals surface area contributed by atoms with Crippen LogP contribution in [0.2, 0.25) is 0 Å². The Kier molecular flexibility index (Phi) is 7.33. The van der Waals surface area contributed by atoms with E-state index in [1.54, 1.807) is 7.11 Å². The number of benzene rings is 2. The summed E-state index contributed by atoms with van der Waals surface area (Å²) < 4.78 is 25.6. The number of nitrogens with zero attached hydrogens (tertiary/aromatic N) is 1. The second-order valence-electron chi connectivity index (χ2n) is 9.17.